The number of hydrogen-bond donors (Lipinski definition) is 0. The molecule has 3 rings (SSSR count). The molecule has 0 aliphatic carbocycles. The molecule has 0 aromatic carbocycles. The van der Waals surface area contributed by atoms with Gasteiger partial charge in [0.25, 0.3) is 0 Å². The lowest BCUT2D eigenvalue weighted by atomic mass is 10.2. The lowest BCUT2D eigenvalue weighted by molar-refractivity contribution is 0.372. The number of nitrogens with zero attached hydrogens (tertiary/aromatic N) is 4. The summed E-state index contributed by atoms with van der Waals surface area (Å²) in [6, 6.07) is 0. The van der Waals surface area contributed by atoms with Crippen LogP contribution in [0.1, 0.15) is 24.0 Å². The van der Waals surface area contributed by atoms with Gasteiger partial charge in [-0.1, -0.05) is 5.16 Å². The van der Waals surface area contributed by atoms with E-state index in [-0.39, 0.29) is 0 Å². The van der Waals surface area contributed by atoms with E-state index in [1.807, 2.05) is 12.3 Å². The Hall–Kier alpha value is -2.02. The number of rotatable bonds is 5. The second kappa shape index (κ2) is 5.31. The Balaban J connectivity index is 1.56. The Bertz CT molecular complexity index is 644. The Labute approximate surface area is 113 Å². The molecule has 0 radical (unpaired) electrons. The van der Waals surface area contributed by atoms with Gasteiger partial charge in [0.05, 0.1) is 11.7 Å². The highest BCUT2D eigenvalue weighted by Gasteiger charge is 2.10. The highest BCUT2D eigenvalue weighted by Crippen LogP contribution is 2.16. The summed E-state index contributed by atoms with van der Waals surface area (Å²) in [7, 11) is 0. The maximum absolute atomic E-state index is 5.40. The van der Waals surface area contributed by atoms with Gasteiger partial charge >= 0.3 is 0 Å². The van der Waals surface area contributed by atoms with Crippen LogP contribution in [0.3, 0.4) is 0 Å². The van der Waals surface area contributed by atoms with Crippen LogP contribution in [0.25, 0.3) is 11.5 Å². The minimum absolute atomic E-state index is 0.545. The van der Waals surface area contributed by atoms with Gasteiger partial charge in [-0.2, -0.15) is 4.98 Å². The largest absolute Gasteiger partial charge is 0.446 e. The maximum Gasteiger partial charge on any atom is 0.227 e. The third-order valence-electron chi connectivity index (χ3n) is 2.58. The van der Waals surface area contributed by atoms with Gasteiger partial charge in [0.2, 0.25) is 11.7 Å². The first-order chi connectivity index (χ1) is 9.31. The van der Waals surface area contributed by atoms with E-state index in [2.05, 4.69) is 20.1 Å². The van der Waals surface area contributed by atoms with Gasteiger partial charge in [0.1, 0.15) is 11.5 Å². The van der Waals surface area contributed by atoms with Gasteiger partial charge in [-0.15, -0.1) is 11.3 Å². The molecule has 7 heteroatoms. The van der Waals surface area contributed by atoms with E-state index < -0.39 is 0 Å². The second-order valence-electron chi connectivity index (χ2n) is 4.10. The average Bonchev–Trinajstić information content (AvgIpc) is 3.09. The van der Waals surface area contributed by atoms with E-state index in [4.69, 9.17) is 8.94 Å². The Morgan fingerprint density at radius 1 is 1.21 bits per heavy atom. The molecule has 0 amide bonds. The zero-order chi connectivity index (χ0) is 13.1. The van der Waals surface area contributed by atoms with Crippen LogP contribution in [0.5, 0.6) is 0 Å². The highest BCUT2D eigenvalue weighted by atomic mass is 32.1. The quantitative estimate of drug-likeness (QED) is 0.713. The molecule has 6 nitrogen and oxygen atoms in total. The molecular formula is C12H12N4O2S. The summed E-state index contributed by atoms with van der Waals surface area (Å²) in [5, 5.41) is 5.80. The third-order valence-corrected chi connectivity index (χ3v) is 3.17. The van der Waals surface area contributed by atoms with Crippen LogP contribution in [-0.4, -0.2) is 20.1 Å². The first kappa shape index (κ1) is 12.0. The Morgan fingerprint density at radius 3 is 2.84 bits per heavy atom. The van der Waals surface area contributed by atoms with Crippen molar-refractivity contribution in [2.75, 3.05) is 0 Å². The van der Waals surface area contributed by atoms with Crippen molar-refractivity contribution in [1.82, 2.24) is 20.1 Å². The van der Waals surface area contributed by atoms with Crippen molar-refractivity contribution in [2.45, 2.75) is 26.2 Å². The normalized spacial score (nSPS) is 11.0. The summed E-state index contributed by atoms with van der Waals surface area (Å²) in [6.45, 7) is 1.88. The molecule has 19 heavy (non-hydrogen) atoms. The van der Waals surface area contributed by atoms with E-state index in [1.165, 1.54) is 11.3 Å². The van der Waals surface area contributed by atoms with Gasteiger partial charge in [-0.25, -0.2) is 9.97 Å². The Kier molecular flexibility index (Phi) is 3.37. The summed E-state index contributed by atoms with van der Waals surface area (Å²) in [5.41, 5.74) is 2.50. The summed E-state index contributed by atoms with van der Waals surface area (Å²) < 4.78 is 10.6. The third kappa shape index (κ3) is 2.87. The molecule has 0 bridgehead atoms. The van der Waals surface area contributed by atoms with E-state index in [9.17, 15) is 0 Å². The molecule has 98 valence electrons. The number of aryl methyl sites for hydroxylation is 3. The predicted molar refractivity (Wildman–Crippen MR) is 68.7 cm³/mol. The van der Waals surface area contributed by atoms with Gasteiger partial charge in [0.15, 0.2) is 5.89 Å². The molecule has 3 aromatic rings. The number of oxazole rings is 1. The molecule has 0 N–H and O–H groups in total. The van der Waals surface area contributed by atoms with Crippen molar-refractivity contribution >= 4 is 11.3 Å². The van der Waals surface area contributed by atoms with Gasteiger partial charge < -0.3 is 8.94 Å². The molecule has 3 aromatic heterocycles. The van der Waals surface area contributed by atoms with Crippen molar-refractivity contribution in [3.63, 3.8) is 0 Å². The first-order valence-electron chi connectivity index (χ1n) is 5.94. The van der Waals surface area contributed by atoms with Crippen LogP contribution in [0.2, 0.25) is 0 Å². The van der Waals surface area contributed by atoms with E-state index >= 15 is 0 Å². The average molecular weight is 276 g/mol. The standard InChI is InChI=1S/C12H12N4O2S/c1-8-5-13-10(17-8)3-2-4-11-15-12(16-18-11)9-6-19-7-14-9/h5-7H,2-4H2,1H3. The summed E-state index contributed by atoms with van der Waals surface area (Å²) in [5.74, 6) is 2.74. The van der Waals surface area contributed by atoms with Crippen LogP contribution in [0.15, 0.2) is 26.0 Å². The molecular weight excluding hydrogens is 264 g/mol. The van der Waals surface area contributed by atoms with Crippen LogP contribution in [0.4, 0.5) is 0 Å². The molecule has 0 atom stereocenters. The van der Waals surface area contributed by atoms with Gasteiger partial charge in [-0.05, 0) is 13.3 Å². The predicted octanol–water partition coefficient (Wildman–Crippen LogP) is 2.66. The molecule has 0 spiro atoms. The lowest BCUT2D eigenvalue weighted by Crippen LogP contribution is -1.90. The SMILES string of the molecule is Cc1cnc(CCCc2nc(-c3cscn3)no2)o1. The zero-order valence-electron chi connectivity index (χ0n) is 10.4. The highest BCUT2D eigenvalue weighted by molar-refractivity contribution is 7.07. The number of hydrogen-bond acceptors (Lipinski definition) is 7. The first-order valence-corrected chi connectivity index (χ1v) is 6.88. The van der Waals surface area contributed by atoms with E-state index in [0.717, 1.165) is 30.2 Å². The minimum atomic E-state index is 0.545. The minimum Gasteiger partial charge on any atom is -0.446 e. The lowest BCUT2D eigenvalue weighted by Gasteiger charge is -1.92. The van der Waals surface area contributed by atoms with Crippen molar-refractivity contribution in [3.05, 3.63) is 34.6 Å². The molecule has 0 aliphatic heterocycles. The Morgan fingerprint density at radius 2 is 2.11 bits per heavy atom. The van der Waals surface area contributed by atoms with Crippen LogP contribution in [-0.2, 0) is 12.8 Å². The maximum atomic E-state index is 5.40. The zero-order valence-corrected chi connectivity index (χ0v) is 11.2. The topological polar surface area (TPSA) is 77.8 Å². The van der Waals surface area contributed by atoms with E-state index in [0.29, 0.717) is 18.1 Å². The van der Waals surface area contributed by atoms with Gasteiger partial charge in [0, 0.05) is 18.2 Å². The number of thiazole rings is 1. The molecule has 0 aliphatic rings. The van der Waals surface area contributed by atoms with Crippen LogP contribution in [0, 0.1) is 6.92 Å². The van der Waals surface area contributed by atoms with Crippen molar-refractivity contribution < 1.29 is 8.94 Å². The summed E-state index contributed by atoms with van der Waals surface area (Å²) in [6.07, 6.45) is 4.06. The molecule has 0 fully saturated rings. The molecule has 0 unspecified atom stereocenters. The van der Waals surface area contributed by atoms with Crippen molar-refractivity contribution in [3.8, 4) is 11.5 Å². The summed E-state index contributed by atoms with van der Waals surface area (Å²) >= 11 is 1.51. The van der Waals surface area contributed by atoms with Crippen molar-refractivity contribution in [2.24, 2.45) is 0 Å². The van der Waals surface area contributed by atoms with Crippen LogP contribution >= 0.6 is 11.3 Å². The molecule has 3 heterocycles. The fraction of sp³-hybridized carbons (Fsp3) is 0.333. The molecule has 0 saturated carbocycles. The monoisotopic (exact) mass is 276 g/mol. The van der Waals surface area contributed by atoms with E-state index in [1.54, 1.807) is 11.7 Å². The van der Waals surface area contributed by atoms with Crippen LogP contribution < -0.4 is 0 Å². The second-order valence-corrected chi connectivity index (χ2v) is 4.82. The fourth-order valence-electron chi connectivity index (χ4n) is 1.69. The van der Waals surface area contributed by atoms with Gasteiger partial charge in [-0.3, -0.25) is 0 Å². The molecule has 0 saturated heterocycles. The summed E-state index contributed by atoms with van der Waals surface area (Å²) in [4.78, 5) is 12.6. The fourth-order valence-corrected chi connectivity index (χ4v) is 2.22. The smallest absolute Gasteiger partial charge is 0.227 e. The van der Waals surface area contributed by atoms with Crippen molar-refractivity contribution in [1.29, 1.82) is 0 Å². The number of aromatic nitrogens is 4.